The van der Waals surface area contributed by atoms with Crippen molar-refractivity contribution in [2.45, 2.75) is 25.0 Å². The number of carbonyl (C=O) groups excluding carboxylic acids is 2. The van der Waals surface area contributed by atoms with Gasteiger partial charge in [-0.3, -0.25) is 9.69 Å². The Bertz CT molecular complexity index is 966. The zero-order chi connectivity index (χ0) is 22.0. The number of ether oxygens (including phenoxy) is 1. The van der Waals surface area contributed by atoms with Gasteiger partial charge >= 0.3 is 6.03 Å². The maximum atomic E-state index is 12.6. The standard InChI is InChI=1S/C22H25N5O4/c1-25-20-19(21(29)26(2)22(25)30)27(14-23-20)12-18(28)24-16-8-10-17(11-9-16)31-13-15-6-4-3-5-7-15/h3-11,14,18-20,24,28H,12-13H2,1-2H3. The van der Waals surface area contributed by atoms with Gasteiger partial charge < -0.3 is 25.0 Å². The summed E-state index contributed by atoms with van der Waals surface area (Å²) >= 11 is 0. The van der Waals surface area contributed by atoms with E-state index in [2.05, 4.69) is 10.3 Å². The maximum Gasteiger partial charge on any atom is 0.328 e. The summed E-state index contributed by atoms with van der Waals surface area (Å²) in [6.07, 6.45) is -0.00604. The number of aliphatic hydroxyl groups is 1. The number of fused-ring (bicyclic) bond motifs is 1. The van der Waals surface area contributed by atoms with Crippen LogP contribution < -0.4 is 10.1 Å². The van der Waals surface area contributed by atoms with Crippen molar-refractivity contribution in [2.24, 2.45) is 4.99 Å². The van der Waals surface area contributed by atoms with E-state index < -0.39 is 24.5 Å². The number of hydrogen-bond donors (Lipinski definition) is 2. The van der Waals surface area contributed by atoms with Crippen LogP contribution in [-0.2, 0) is 11.4 Å². The molecular formula is C22H25N5O4. The van der Waals surface area contributed by atoms with Crippen molar-refractivity contribution in [3.8, 4) is 5.75 Å². The number of anilines is 1. The molecule has 9 heteroatoms. The quantitative estimate of drug-likeness (QED) is 0.656. The van der Waals surface area contributed by atoms with Gasteiger partial charge in [-0.25, -0.2) is 9.79 Å². The van der Waals surface area contributed by atoms with E-state index in [0.717, 1.165) is 16.2 Å². The molecule has 2 aromatic carbocycles. The fourth-order valence-electron chi connectivity index (χ4n) is 3.69. The van der Waals surface area contributed by atoms with Crippen LogP contribution in [0, 0.1) is 0 Å². The highest BCUT2D eigenvalue weighted by atomic mass is 16.5. The number of hydrogen-bond acceptors (Lipinski definition) is 7. The van der Waals surface area contributed by atoms with E-state index >= 15 is 0 Å². The number of amides is 3. The summed E-state index contributed by atoms with van der Waals surface area (Å²) in [6.45, 7) is 0.616. The van der Waals surface area contributed by atoms with E-state index in [1.807, 2.05) is 54.6 Å². The van der Waals surface area contributed by atoms with Crippen LogP contribution in [0.15, 0.2) is 59.6 Å². The molecule has 162 valence electrons. The average Bonchev–Trinajstić information content (AvgIpc) is 3.20. The van der Waals surface area contributed by atoms with Crippen molar-refractivity contribution < 1.29 is 19.4 Å². The van der Waals surface area contributed by atoms with Crippen molar-refractivity contribution in [2.75, 3.05) is 26.0 Å². The number of benzene rings is 2. The van der Waals surface area contributed by atoms with Crippen LogP contribution in [-0.4, -0.2) is 77.2 Å². The molecule has 2 aliphatic rings. The number of rotatable bonds is 7. The van der Waals surface area contributed by atoms with Gasteiger partial charge in [0.25, 0.3) is 5.91 Å². The monoisotopic (exact) mass is 423 g/mol. The summed E-state index contributed by atoms with van der Waals surface area (Å²) < 4.78 is 5.77. The van der Waals surface area contributed by atoms with E-state index in [1.54, 1.807) is 11.9 Å². The number of urea groups is 1. The van der Waals surface area contributed by atoms with Crippen molar-refractivity contribution >= 4 is 24.0 Å². The van der Waals surface area contributed by atoms with Crippen LogP contribution >= 0.6 is 0 Å². The summed E-state index contributed by atoms with van der Waals surface area (Å²) in [5.41, 5.74) is 1.80. The molecule has 1 saturated heterocycles. The Kier molecular flexibility index (Phi) is 5.77. The largest absolute Gasteiger partial charge is 0.489 e. The Morgan fingerprint density at radius 1 is 1.10 bits per heavy atom. The number of aliphatic imine (C=N–C) groups is 1. The third kappa shape index (κ3) is 4.31. The second kappa shape index (κ2) is 8.65. The van der Waals surface area contributed by atoms with Gasteiger partial charge in [-0.05, 0) is 29.8 Å². The van der Waals surface area contributed by atoms with E-state index in [0.29, 0.717) is 12.3 Å². The molecule has 2 N–H and O–H groups in total. The average molecular weight is 423 g/mol. The van der Waals surface area contributed by atoms with Gasteiger partial charge in [0.2, 0.25) is 0 Å². The number of aliphatic hydroxyl groups excluding tert-OH is 1. The minimum Gasteiger partial charge on any atom is -0.489 e. The summed E-state index contributed by atoms with van der Waals surface area (Å²) in [5.74, 6) is 0.389. The summed E-state index contributed by atoms with van der Waals surface area (Å²) in [7, 11) is 3.06. The Labute approximate surface area is 180 Å². The molecule has 3 amide bonds. The number of nitrogens with one attached hydrogen (secondary N) is 1. The second-order valence-electron chi connectivity index (χ2n) is 7.57. The first-order chi connectivity index (χ1) is 14.9. The highest BCUT2D eigenvalue weighted by Gasteiger charge is 2.48. The molecule has 2 heterocycles. The molecule has 4 rings (SSSR count). The molecule has 1 fully saturated rings. The zero-order valence-corrected chi connectivity index (χ0v) is 17.4. The molecule has 0 radical (unpaired) electrons. The first-order valence-electron chi connectivity index (χ1n) is 9.99. The fraction of sp³-hybridized carbons (Fsp3) is 0.318. The van der Waals surface area contributed by atoms with Crippen LogP contribution in [0.25, 0.3) is 0 Å². The zero-order valence-electron chi connectivity index (χ0n) is 17.4. The van der Waals surface area contributed by atoms with E-state index in [1.165, 1.54) is 18.3 Å². The minimum absolute atomic E-state index is 0.137. The fourth-order valence-corrected chi connectivity index (χ4v) is 3.69. The van der Waals surface area contributed by atoms with Gasteiger partial charge in [0.1, 0.15) is 18.6 Å². The number of imide groups is 1. The molecule has 9 nitrogen and oxygen atoms in total. The molecule has 31 heavy (non-hydrogen) atoms. The number of β-amino-alcohol motifs (C(OH)–C–C–N with tert-alkyl or cyclic N) is 1. The lowest BCUT2D eigenvalue weighted by atomic mass is 10.1. The molecule has 0 bridgehead atoms. The molecule has 0 spiro atoms. The third-order valence-electron chi connectivity index (χ3n) is 5.40. The van der Waals surface area contributed by atoms with E-state index in [-0.39, 0.29) is 12.5 Å². The molecule has 2 aromatic rings. The van der Waals surface area contributed by atoms with Gasteiger partial charge in [0.15, 0.2) is 12.2 Å². The maximum absolute atomic E-state index is 12.6. The first kappa shape index (κ1) is 20.7. The van der Waals surface area contributed by atoms with Crippen molar-refractivity contribution in [3.05, 3.63) is 60.2 Å². The van der Waals surface area contributed by atoms with Crippen molar-refractivity contribution in [1.29, 1.82) is 0 Å². The van der Waals surface area contributed by atoms with Gasteiger partial charge in [0.05, 0.1) is 12.9 Å². The van der Waals surface area contributed by atoms with Crippen LogP contribution in [0.3, 0.4) is 0 Å². The molecule has 0 aliphatic carbocycles. The number of carbonyl (C=O) groups is 2. The smallest absolute Gasteiger partial charge is 0.328 e. The Morgan fingerprint density at radius 3 is 2.52 bits per heavy atom. The summed E-state index contributed by atoms with van der Waals surface area (Å²) in [4.78, 5) is 33.1. The predicted molar refractivity (Wildman–Crippen MR) is 116 cm³/mol. The highest BCUT2D eigenvalue weighted by molar-refractivity contribution is 6.01. The molecule has 3 atom stereocenters. The van der Waals surface area contributed by atoms with Crippen molar-refractivity contribution in [3.63, 3.8) is 0 Å². The Morgan fingerprint density at radius 2 is 1.81 bits per heavy atom. The Hall–Kier alpha value is -3.59. The van der Waals surface area contributed by atoms with E-state index in [9.17, 15) is 14.7 Å². The first-order valence-corrected chi connectivity index (χ1v) is 9.99. The van der Waals surface area contributed by atoms with Crippen LogP contribution in [0.1, 0.15) is 5.56 Å². The molecule has 3 unspecified atom stereocenters. The lowest BCUT2D eigenvalue weighted by Crippen LogP contribution is -2.64. The van der Waals surface area contributed by atoms with Crippen LogP contribution in [0.2, 0.25) is 0 Å². The highest BCUT2D eigenvalue weighted by Crippen LogP contribution is 2.25. The Balaban J connectivity index is 1.32. The van der Waals surface area contributed by atoms with Crippen LogP contribution in [0.5, 0.6) is 5.75 Å². The number of likely N-dealkylation sites (N-methyl/N-ethyl adjacent to an activating group) is 2. The second-order valence-corrected chi connectivity index (χ2v) is 7.57. The lowest BCUT2D eigenvalue weighted by Gasteiger charge is -2.40. The van der Waals surface area contributed by atoms with Gasteiger partial charge in [0, 0.05) is 19.8 Å². The third-order valence-corrected chi connectivity index (χ3v) is 5.40. The molecular weight excluding hydrogens is 398 g/mol. The summed E-state index contributed by atoms with van der Waals surface area (Å²) in [5, 5.41) is 13.5. The molecule has 0 aromatic heterocycles. The normalized spacial score (nSPS) is 21.3. The van der Waals surface area contributed by atoms with Crippen LogP contribution in [0.4, 0.5) is 10.5 Å². The topological polar surface area (TPSA) is 97.7 Å². The van der Waals surface area contributed by atoms with E-state index in [4.69, 9.17) is 4.74 Å². The van der Waals surface area contributed by atoms with Crippen molar-refractivity contribution in [1.82, 2.24) is 14.7 Å². The molecule has 2 aliphatic heterocycles. The van der Waals surface area contributed by atoms with Gasteiger partial charge in [-0.2, -0.15) is 0 Å². The SMILES string of the molecule is CN1C(=O)C2C(N=CN2CC(O)Nc2ccc(OCc3ccccc3)cc2)N(C)C1=O. The molecule has 0 saturated carbocycles. The lowest BCUT2D eigenvalue weighted by molar-refractivity contribution is -0.136. The predicted octanol–water partition coefficient (Wildman–Crippen LogP) is 1.56. The summed E-state index contributed by atoms with van der Waals surface area (Å²) in [6, 6.07) is 16.1. The minimum atomic E-state index is -0.942. The van der Waals surface area contributed by atoms with Gasteiger partial charge in [-0.1, -0.05) is 30.3 Å². The number of nitrogens with zero attached hydrogens (tertiary/aromatic N) is 4. The van der Waals surface area contributed by atoms with Gasteiger partial charge in [-0.15, -0.1) is 0 Å².